The third-order valence-electron chi connectivity index (χ3n) is 5.40. The van der Waals surface area contributed by atoms with Gasteiger partial charge in [0.25, 0.3) is 5.56 Å². The van der Waals surface area contributed by atoms with Gasteiger partial charge in [0, 0.05) is 24.7 Å². The SMILES string of the molecule is COc1ccc(-c2ccc(=O)n(-c3c(C)noc3C)n2)cc1S(=O)(=O)N1CCCCC1. The summed E-state index contributed by atoms with van der Waals surface area (Å²) in [5.74, 6) is 0.737. The standard InChI is InChI=1S/C21H24N4O5S/c1-14-21(15(2)30-23-14)25-20(26)10-8-17(22-25)16-7-9-18(29-3)19(13-16)31(27,28)24-11-5-4-6-12-24/h7-10,13H,4-6,11-12H2,1-3H3. The molecule has 4 rings (SSSR count). The van der Waals surface area contributed by atoms with Crippen molar-refractivity contribution < 1.29 is 17.7 Å². The maximum Gasteiger partial charge on any atom is 0.271 e. The second kappa shape index (κ2) is 8.27. The normalized spacial score (nSPS) is 15.2. The average molecular weight is 445 g/mol. The van der Waals surface area contributed by atoms with Gasteiger partial charge in [-0.05, 0) is 51.0 Å². The number of benzene rings is 1. The Morgan fingerprint density at radius 1 is 1.06 bits per heavy atom. The first-order valence-electron chi connectivity index (χ1n) is 10.0. The minimum absolute atomic E-state index is 0.0892. The zero-order valence-corrected chi connectivity index (χ0v) is 18.5. The van der Waals surface area contributed by atoms with Crippen molar-refractivity contribution in [2.75, 3.05) is 20.2 Å². The number of hydrogen-bond donors (Lipinski definition) is 0. The van der Waals surface area contributed by atoms with Gasteiger partial charge in [-0.2, -0.15) is 14.1 Å². The number of methoxy groups -OCH3 is 1. The fraction of sp³-hybridized carbons (Fsp3) is 0.381. The van der Waals surface area contributed by atoms with Gasteiger partial charge in [0.05, 0.1) is 12.8 Å². The van der Waals surface area contributed by atoms with E-state index in [0.717, 1.165) is 19.3 Å². The fourth-order valence-corrected chi connectivity index (χ4v) is 5.49. The number of aryl methyl sites for hydroxylation is 2. The summed E-state index contributed by atoms with van der Waals surface area (Å²) in [6.07, 6.45) is 2.70. The molecule has 0 saturated carbocycles. The van der Waals surface area contributed by atoms with Crippen LogP contribution < -0.4 is 10.3 Å². The van der Waals surface area contributed by atoms with Crippen LogP contribution >= 0.6 is 0 Å². The fourth-order valence-electron chi connectivity index (χ4n) is 3.79. The van der Waals surface area contributed by atoms with Crippen molar-refractivity contribution in [3.8, 4) is 22.7 Å². The van der Waals surface area contributed by atoms with Crippen molar-refractivity contribution in [1.82, 2.24) is 19.2 Å². The number of sulfonamides is 1. The van der Waals surface area contributed by atoms with Crippen LogP contribution in [0.2, 0.25) is 0 Å². The highest BCUT2D eigenvalue weighted by Crippen LogP contribution is 2.32. The number of hydrogen-bond acceptors (Lipinski definition) is 7. The third-order valence-corrected chi connectivity index (χ3v) is 7.32. The largest absolute Gasteiger partial charge is 0.495 e. The van der Waals surface area contributed by atoms with Crippen LogP contribution in [0.4, 0.5) is 0 Å². The number of piperidine rings is 1. The van der Waals surface area contributed by atoms with Crippen molar-refractivity contribution in [3.63, 3.8) is 0 Å². The topological polar surface area (TPSA) is 108 Å². The Balaban J connectivity index is 1.82. The first-order valence-corrected chi connectivity index (χ1v) is 11.5. The van der Waals surface area contributed by atoms with Gasteiger partial charge < -0.3 is 9.26 Å². The summed E-state index contributed by atoms with van der Waals surface area (Å²) in [6, 6.07) is 7.83. The van der Waals surface area contributed by atoms with Crippen molar-refractivity contribution in [1.29, 1.82) is 0 Å². The molecule has 1 aliphatic heterocycles. The zero-order chi connectivity index (χ0) is 22.2. The van der Waals surface area contributed by atoms with Crippen molar-refractivity contribution in [2.24, 2.45) is 0 Å². The Hall–Kier alpha value is -2.98. The number of nitrogens with zero attached hydrogens (tertiary/aromatic N) is 4. The Labute approximate surface area is 180 Å². The molecule has 10 heteroatoms. The van der Waals surface area contributed by atoms with Crippen LogP contribution in [0.1, 0.15) is 30.7 Å². The molecule has 0 atom stereocenters. The summed E-state index contributed by atoms with van der Waals surface area (Å²) in [5, 5.41) is 8.33. The molecular formula is C21H24N4O5S. The summed E-state index contributed by atoms with van der Waals surface area (Å²) < 4.78 is 39.8. The van der Waals surface area contributed by atoms with Crippen LogP contribution in [0.5, 0.6) is 5.75 Å². The van der Waals surface area contributed by atoms with Gasteiger partial charge in [0.2, 0.25) is 10.0 Å². The van der Waals surface area contributed by atoms with Gasteiger partial charge in [-0.15, -0.1) is 0 Å². The Kier molecular flexibility index (Phi) is 5.67. The molecular weight excluding hydrogens is 420 g/mol. The molecule has 0 unspecified atom stereocenters. The highest BCUT2D eigenvalue weighted by atomic mass is 32.2. The first-order chi connectivity index (χ1) is 14.8. The second-order valence-corrected chi connectivity index (χ2v) is 9.38. The summed E-state index contributed by atoms with van der Waals surface area (Å²) in [7, 11) is -2.28. The number of aromatic nitrogens is 3. The lowest BCUT2D eigenvalue weighted by Crippen LogP contribution is -2.35. The third kappa shape index (κ3) is 3.88. The van der Waals surface area contributed by atoms with E-state index in [1.54, 1.807) is 38.1 Å². The van der Waals surface area contributed by atoms with Crippen LogP contribution in [0, 0.1) is 13.8 Å². The van der Waals surface area contributed by atoms with Crippen LogP contribution in [0.25, 0.3) is 16.9 Å². The van der Waals surface area contributed by atoms with Gasteiger partial charge in [-0.3, -0.25) is 4.79 Å². The Morgan fingerprint density at radius 2 is 1.81 bits per heavy atom. The molecule has 3 aromatic rings. The van der Waals surface area contributed by atoms with E-state index in [9.17, 15) is 13.2 Å². The average Bonchev–Trinajstić information content (AvgIpc) is 3.12. The highest BCUT2D eigenvalue weighted by molar-refractivity contribution is 7.89. The van der Waals surface area contributed by atoms with E-state index in [2.05, 4.69) is 10.3 Å². The number of ether oxygens (including phenoxy) is 1. The van der Waals surface area contributed by atoms with E-state index in [4.69, 9.17) is 9.26 Å². The molecule has 0 radical (unpaired) electrons. The maximum atomic E-state index is 13.3. The van der Waals surface area contributed by atoms with E-state index in [1.807, 2.05) is 0 Å². The molecule has 1 aromatic carbocycles. The van der Waals surface area contributed by atoms with E-state index in [0.29, 0.717) is 41.5 Å². The van der Waals surface area contributed by atoms with Crippen LogP contribution in [0.15, 0.2) is 44.5 Å². The molecule has 0 bridgehead atoms. The smallest absolute Gasteiger partial charge is 0.271 e. The molecule has 164 valence electrons. The van der Waals surface area contributed by atoms with E-state index < -0.39 is 10.0 Å². The predicted molar refractivity (Wildman–Crippen MR) is 114 cm³/mol. The summed E-state index contributed by atoms with van der Waals surface area (Å²) in [6.45, 7) is 4.41. The maximum absolute atomic E-state index is 13.3. The molecule has 0 spiro atoms. The minimum Gasteiger partial charge on any atom is -0.495 e. The van der Waals surface area contributed by atoms with Gasteiger partial charge in [0.15, 0.2) is 5.76 Å². The van der Waals surface area contributed by atoms with E-state index in [1.165, 1.54) is 22.2 Å². The molecule has 1 saturated heterocycles. The summed E-state index contributed by atoms with van der Waals surface area (Å²) >= 11 is 0. The number of rotatable bonds is 5. The summed E-state index contributed by atoms with van der Waals surface area (Å²) in [4.78, 5) is 12.5. The lowest BCUT2D eigenvalue weighted by Gasteiger charge is -2.26. The van der Waals surface area contributed by atoms with Crippen LogP contribution in [-0.2, 0) is 10.0 Å². The zero-order valence-electron chi connectivity index (χ0n) is 17.7. The molecule has 1 aliphatic rings. The van der Waals surface area contributed by atoms with Gasteiger partial charge >= 0.3 is 0 Å². The van der Waals surface area contributed by atoms with Crippen molar-refractivity contribution in [2.45, 2.75) is 38.0 Å². The van der Waals surface area contributed by atoms with Gasteiger partial charge in [-0.1, -0.05) is 11.6 Å². The molecule has 0 amide bonds. The molecule has 1 fully saturated rings. The van der Waals surface area contributed by atoms with Crippen LogP contribution in [0.3, 0.4) is 0 Å². The molecule has 31 heavy (non-hydrogen) atoms. The highest BCUT2D eigenvalue weighted by Gasteiger charge is 2.29. The molecule has 2 aromatic heterocycles. The predicted octanol–water partition coefficient (Wildman–Crippen LogP) is 2.69. The van der Waals surface area contributed by atoms with Crippen molar-refractivity contribution in [3.05, 3.63) is 52.1 Å². The Morgan fingerprint density at radius 3 is 2.45 bits per heavy atom. The Bertz CT molecular complexity index is 1250. The quantitative estimate of drug-likeness (QED) is 0.595. The molecule has 9 nitrogen and oxygen atoms in total. The van der Waals surface area contributed by atoms with Gasteiger partial charge in [-0.25, -0.2) is 8.42 Å². The second-order valence-electron chi connectivity index (χ2n) is 7.47. The molecule has 3 heterocycles. The van der Waals surface area contributed by atoms with E-state index in [-0.39, 0.29) is 16.2 Å². The molecule has 0 N–H and O–H groups in total. The van der Waals surface area contributed by atoms with Crippen LogP contribution in [-0.4, -0.2) is 47.9 Å². The monoisotopic (exact) mass is 444 g/mol. The van der Waals surface area contributed by atoms with E-state index >= 15 is 0 Å². The lowest BCUT2D eigenvalue weighted by molar-refractivity contribution is 0.343. The first kappa shape index (κ1) is 21.3. The lowest BCUT2D eigenvalue weighted by atomic mass is 10.1. The minimum atomic E-state index is -3.72. The molecule has 0 aliphatic carbocycles. The summed E-state index contributed by atoms with van der Waals surface area (Å²) in [5.41, 5.74) is 1.66. The van der Waals surface area contributed by atoms with Crippen molar-refractivity contribution >= 4 is 10.0 Å². The van der Waals surface area contributed by atoms with Gasteiger partial charge in [0.1, 0.15) is 22.0 Å².